The average Bonchev–Trinajstić information content (AvgIpc) is 2.87. The summed E-state index contributed by atoms with van der Waals surface area (Å²) in [6.07, 6.45) is 1.65. The summed E-state index contributed by atoms with van der Waals surface area (Å²) in [6, 6.07) is -0.331. The van der Waals surface area contributed by atoms with Gasteiger partial charge in [-0.25, -0.2) is 0 Å². The van der Waals surface area contributed by atoms with E-state index >= 15 is 0 Å². The minimum absolute atomic E-state index is 0.331. The van der Waals surface area contributed by atoms with Crippen molar-refractivity contribution in [2.24, 2.45) is 5.73 Å². The van der Waals surface area contributed by atoms with Crippen LogP contribution in [0.3, 0.4) is 0 Å². The van der Waals surface area contributed by atoms with Crippen LogP contribution in [0.25, 0.3) is 0 Å². The van der Waals surface area contributed by atoms with Crippen molar-refractivity contribution < 1.29 is 4.79 Å². The Hall–Kier alpha value is -2.12. The fraction of sp³-hybridized carbons (Fsp3) is 0.636. The van der Waals surface area contributed by atoms with Gasteiger partial charge in [0.15, 0.2) is 0 Å². The SMILES string of the molecule is CNc1nc(N(C)C)nc(N2CCCC2C(N)=O)n1. The van der Waals surface area contributed by atoms with E-state index in [0.717, 1.165) is 19.4 Å². The van der Waals surface area contributed by atoms with Crippen LogP contribution < -0.4 is 20.9 Å². The van der Waals surface area contributed by atoms with Gasteiger partial charge in [-0.3, -0.25) is 4.79 Å². The van der Waals surface area contributed by atoms with E-state index < -0.39 is 0 Å². The number of rotatable bonds is 4. The van der Waals surface area contributed by atoms with E-state index in [2.05, 4.69) is 20.3 Å². The van der Waals surface area contributed by atoms with Crippen LogP contribution in [-0.2, 0) is 4.79 Å². The molecule has 3 N–H and O–H groups in total. The summed E-state index contributed by atoms with van der Waals surface area (Å²) in [7, 11) is 5.45. The lowest BCUT2D eigenvalue weighted by atomic mass is 10.2. The average molecular weight is 265 g/mol. The molecule has 1 atom stereocenters. The minimum Gasteiger partial charge on any atom is -0.368 e. The van der Waals surface area contributed by atoms with Gasteiger partial charge in [0.05, 0.1) is 0 Å². The third-order valence-corrected chi connectivity index (χ3v) is 3.07. The number of carbonyl (C=O) groups excluding carboxylic acids is 1. The summed E-state index contributed by atoms with van der Waals surface area (Å²) < 4.78 is 0. The van der Waals surface area contributed by atoms with Crippen LogP contribution in [0.5, 0.6) is 0 Å². The molecule has 1 aromatic heterocycles. The van der Waals surface area contributed by atoms with E-state index in [1.165, 1.54) is 0 Å². The molecule has 104 valence electrons. The smallest absolute Gasteiger partial charge is 0.240 e. The van der Waals surface area contributed by atoms with Gasteiger partial charge >= 0.3 is 0 Å². The first-order valence-electron chi connectivity index (χ1n) is 6.20. The number of aromatic nitrogens is 3. The molecule has 1 amide bonds. The second-order valence-electron chi connectivity index (χ2n) is 4.66. The van der Waals surface area contributed by atoms with Gasteiger partial charge in [0.25, 0.3) is 0 Å². The number of nitrogens with zero attached hydrogens (tertiary/aromatic N) is 5. The monoisotopic (exact) mass is 265 g/mol. The molecule has 1 aromatic rings. The number of anilines is 3. The molecule has 1 unspecified atom stereocenters. The lowest BCUT2D eigenvalue weighted by Crippen LogP contribution is -2.41. The number of amides is 1. The normalized spacial score (nSPS) is 18.5. The van der Waals surface area contributed by atoms with E-state index in [0.29, 0.717) is 17.8 Å². The van der Waals surface area contributed by atoms with Crippen LogP contribution >= 0.6 is 0 Å². The van der Waals surface area contributed by atoms with Gasteiger partial charge in [-0.15, -0.1) is 0 Å². The third-order valence-electron chi connectivity index (χ3n) is 3.07. The van der Waals surface area contributed by atoms with Crippen LogP contribution in [0.2, 0.25) is 0 Å². The maximum atomic E-state index is 11.4. The second kappa shape index (κ2) is 5.25. The Balaban J connectivity index is 2.38. The number of hydrogen-bond acceptors (Lipinski definition) is 7. The molecule has 0 bridgehead atoms. The molecular weight excluding hydrogens is 246 g/mol. The second-order valence-corrected chi connectivity index (χ2v) is 4.66. The zero-order valence-corrected chi connectivity index (χ0v) is 11.4. The molecule has 8 nitrogen and oxygen atoms in total. The molecule has 1 saturated heterocycles. The maximum Gasteiger partial charge on any atom is 0.240 e. The van der Waals surface area contributed by atoms with Crippen LogP contribution in [-0.4, -0.2) is 54.6 Å². The Morgan fingerprint density at radius 2 is 2.16 bits per heavy atom. The first kappa shape index (κ1) is 13.3. The highest BCUT2D eigenvalue weighted by atomic mass is 16.1. The highest BCUT2D eigenvalue weighted by Gasteiger charge is 2.31. The number of nitrogens with one attached hydrogen (secondary N) is 1. The third kappa shape index (κ3) is 2.67. The van der Waals surface area contributed by atoms with Crippen LogP contribution in [0.4, 0.5) is 17.8 Å². The van der Waals surface area contributed by atoms with Crippen molar-refractivity contribution in [2.45, 2.75) is 18.9 Å². The highest BCUT2D eigenvalue weighted by Crippen LogP contribution is 2.24. The highest BCUT2D eigenvalue weighted by molar-refractivity contribution is 5.83. The van der Waals surface area contributed by atoms with Gasteiger partial charge < -0.3 is 20.9 Å². The lowest BCUT2D eigenvalue weighted by Gasteiger charge is -2.23. The Kier molecular flexibility index (Phi) is 3.68. The van der Waals surface area contributed by atoms with E-state index in [1.807, 2.05) is 19.0 Å². The van der Waals surface area contributed by atoms with Gasteiger partial charge in [0.1, 0.15) is 6.04 Å². The summed E-state index contributed by atoms with van der Waals surface area (Å²) in [6.45, 7) is 0.730. The van der Waals surface area contributed by atoms with Crippen LogP contribution in [0, 0.1) is 0 Å². The Morgan fingerprint density at radius 1 is 1.42 bits per heavy atom. The summed E-state index contributed by atoms with van der Waals surface area (Å²) in [5.41, 5.74) is 5.42. The van der Waals surface area contributed by atoms with Gasteiger partial charge in [-0.2, -0.15) is 15.0 Å². The molecule has 0 saturated carbocycles. The summed E-state index contributed by atoms with van der Waals surface area (Å²) >= 11 is 0. The zero-order valence-electron chi connectivity index (χ0n) is 11.4. The fourth-order valence-corrected chi connectivity index (χ4v) is 2.10. The van der Waals surface area contributed by atoms with Gasteiger partial charge in [0, 0.05) is 27.7 Å². The summed E-state index contributed by atoms with van der Waals surface area (Å²) in [5.74, 6) is 1.17. The molecule has 2 rings (SSSR count). The summed E-state index contributed by atoms with van der Waals surface area (Å²) in [4.78, 5) is 28.0. The molecule has 0 spiro atoms. The standard InChI is InChI=1S/C11H19N7O/c1-13-9-14-10(17(2)3)16-11(15-9)18-6-4-5-7(18)8(12)19/h7H,4-6H2,1-3H3,(H2,12,19)(H,13,14,15,16). The molecule has 8 heteroatoms. The van der Waals surface area contributed by atoms with Gasteiger partial charge in [-0.1, -0.05) is 0 Å². The lowest BCUT2D eigenvalue weighted by molar-refractivity contribution is -0.119. The van der Waals surface area contributed by atoms with Crippen LogP contribution in [0.15, 0.2) is 0 Å². The largest absolute Gasteiger partial charge is 0.368 e. The maximum absolute atomic E-state index is 11.4. The number of primary amides is 1. The van der Waals surface area contributed by atoms with Crippen molar-refractivity contribution in [3.63, 3.8) is 0 Å². The van der Waals surface area contributed by atoms with Crippen molar-refractivity contribution in [2.75, 3.05) is 42.8 Å². The van der Waals surface area contributed by atoms with Crippen molar-refractivity contribution in [3.05, 3.63) is 0 Å². The molecule has 19 heavy (non-hydrogen) atoms. The van der Waals surface area contributed by atoms with E-state index in [-0.39, 0.29) is 11.9 Å². The minimum atomic E-state index is -0.338. The van der Waals surface area contributed by atoms with Gasteiger partial charge in [-0.05, 0) is 12.8 Å². The number of hydrogen-bond donors (Lipinski definition) is 2. The predicted molar refractivity (Wildman–Crippen MR) is 73.3 cm³/mol. The molecule has 0 radical (unpaired) electrons. The molecule has 0 aromatic carbocycles. The molecule has 1 fully saturated rings. The first-order chi connectivity index (χ1) is 9.02. The predicted octanol–water partition coefficient (Wildman–Crippen LogP) is -0.567. The quantitative estimate of drug-likeness (QED) is 0.752. The first-order valence-corrected chi connectivity index (χ1v) is 6.20. The Morgan fingerprint density at radius 3 is 2.74 bits per heavy atom. The molecule has 1 aliphatic rings. The molecule has 1 aliphatic heterocycles. The number of carbonyl (C=O) groups is 1. The van der Waals surface area contributed by atoms with E-state index in [4.69, 9.17) is 5.73 Å². The van der Waals surface area contributed by atoms with E-state index in [9.17, 15) is 4.79 Å². The van der Waals surface area contributed by atoms with Crippen molar-refractivity contribution in [1.29, 1.82) is 0 Å². The van der Waals surface area contributed by atoms with Crippen molar-refractivity contribution in [1.82, 2.24) is 15.0 Å². The van der Waals surface area contributed by atoms with Crippen molar-refractivity contribution >= 4 is 23.8 Å². The molecular formula is C11H19N7O. The fourth-order valence-electron chi connectivity index (χ4n) is 2.10. The van der Waals surface area contributed by atoms with Gasteiger partial charge in [0.2, 0.25) is 23.8 Å². The molecule has 2 heterocycles. The van der Waals surface area contributed by atoms with Crippen molar-refractivity contribution in [3.8, 4) is 0 Å². The van der Waals surface area contributed by atoms with E-state index in [1.54, 1.807) is 11.9 Å². The molecule has 0 aliphatic carbocycles. The number of nitrogens with two attached hydrogens (primary N) is 1. The zero-order chi connectivity index (χ0) is 14.0. The Labute approximate surface area is 112 Å². The topological polar surface area (TPSA) is 100 Å². The van der Waals surface area contributed by atoms with Crippen LogP contribution in [0.1, 0.15) is 12.8 Å². The summed E-state index contributed by atoms with van der Waals surface area (Å²) in [5, 5.41) is 2.90. The Bertz CT molecular complexity index is 476.